The number of amides is 2. The van der Waals surface area contributed by atoms with Crippen molar-refractivity contribution in [2.45, 2.75) is 18.6 Å². The van der Waals surface area contributed by atoms with Crippen molar-refractivity contribution in [1.29, 1.82) is 0 Å². The van der Waals surface area contributed by atoms with E-state index in [1.54, 1.807) is 0 Å². The lowest BCUT2D eigenvalue weighted by Gasteiger charge is -2.29. The minimum Gasteiger partial charge on any atom is -0.378 e. The van der Waals surface area contributed by atoms with E-state index in [2.05, 4.69) is 4.90 Å². The summed E-state index contributed by atoms with van der Waals surface area (Å²) in [7, 11) is 0. The Balaban J connectivity index is 1.42. The van der Waals surface area contributed by atoms with Gasteiger partial charge in [0.2, 0.25) is 11.8 Å². The molecule has 1 aromatic carbocycles. The number of hydrogen-bond donors (Lipinski definition) is 0. The van der Waals surface area contributed by atoms with Gasteiger partial charge in [0.25, 0.3) is 0 Å². The van der Waals surface area contributed by atoms with Gasteiger partial charge in [0.05, 0.1) is 42.4 Å². The van der Waals surface area contributed by atoms with Crippen molar-refractivity contribution in [3.63, 3.8) is 0 Å². The lowest BCUT2D eigenvalue weighted by molar-refractivity contribution is -0.126. The maximum atomic E-state index is 12.9. The summed E-state index contributed by atoms with van der Waals surface area (Å²) in [5.41, 5.74) is 1.08. The van der Waals surface area contributed by atoms with Crippen LogP contribution in [0.15, 0.2) is 36.4 Å². The van der Waals surface area contributed by atoms with Crippen LogP contribution in [0.4, 0.5) is 11.4 Å². The highest BCUT2D eigenvalue weighted by Crippen LogP contribution is 2.52. The smallest absolute Gasteiger partial charge is 0.241 e. The summed E-state index contributed by atoms with van der Waals surface area (Å²) in [4.78, 5) is 29.4. The van der Waals surface area contributed by atoms with Crippen molar-refractivity contribution in [2.24, 2.45) is 11.8 Å². The van der Waals surface area contributed by atoms with Crippen LogP contribution in [-0.2, 0) is 19.1 Å². The molecule has 1 aromatic rings. The van der Waals surface area contributed by atoms with Gasteiger partial charge in [-0.15, -0.1) is 0 Å². The van der Waals surface area contributed by atoms with Crippen LogP contribution in [0.5, 0.6) is 0 Å². The molecule has 3 fully saturated rings. The molecule has 4 aliphatic heterocycles. The molecule has 6 heteroatoms. The van der Waals surface area contributed by atoms with E-state index >= 15 is 0 Å². The number of fused-ring (bicyclic) bond motifs is 5. The molecule has 0 saturated carbocycles. The number of ether oxygens (including phenoxy) is 2. The molecule has 5 rings (SSSR count). The number of anilines is 2. The van der Waals surface area contributed by atoms with E-state index in [0.29, 0.717) is 5.69 Å². The van der Waals surface area contributed by atoms with Crippen molar-refractivity contribution in [2.75, 3.05) is 36.1 Å². The molecule has 6 nitrogen and oxygen atoms in total. The molecule has 4 atom stereocenters. The van der Waals surface area contributed by atoms with Gasteiger partial charge >= 0.3 is 0 Å². The van der Waals surface area contributed by atoms with Gasteiger partial charge in [0, 0.05) is 18.8 Å². The van der Waals surface area contributed by atoms with E-state index in [1.807, 2.05) is 43.3 Å². The zero-order valence-electron chi connectivity index (χ0n) is 14.1. The lowest BCUT2D eigenvalue weighted by atomic mass is 9.78. The highest BCUT2D eigenvalue weighted by Gasteiger charge is 2.66. The Morgan fingerprint density at radius 2 is 1.72 bits per heavy atom. The molecular weight excluding hydrogens is 320 g/mol. The lowest BCUT2D eigenvalue weighted by Crippen LogP contribution is -2.38. The zero-order chi connectivity index (χ0) is 17.2. The third-order valence-corrected chi connectivity index (χ3v) is 5.81. The molecule has 0 aliphatic carbocycles. The largest absolute Gasteiger partial charge is 0.378 e. The van der Waals surface area contributed by atoms with Crippen LogP contribution in [0.3, 0.4) is 0 Å². The zero-order valence-corrected chi connectivity index (χ0v) is 14.1. The van der Waals surface area contributed by atoms with Crippen LogP contribution in [0.2, 0.25) is 0 Å². The second-order valence-electron chi connectivity index (χ2n) is 7.26. The number of carbonyl (C=O) groups is 2. The van der Waals surface area contributed by atoms with E-state index < -0.39 is 11.5 Å². The molecule has 0 radical (unpaired) electrons. The molecule has 4 heterocycles. The first kappa shape index (κ1) is 15.1. The average Bonchev–Trinajstić information content (AvgIpc) is 3.25. The maximum Gasteiger partial charge on any atom is 0.241 e. The summed E-state index contributed by atoms with van der Waals surface area (Å²) in [6.07, 6.45) is 3.57. The highest BCUT2D eigenvalue weighted by atomic mass is 16.5. The van der Waals surface area contributed by atoms with Crippen LogP contribution >= 0.6 is 0 Å². The fraction of sp³-hybridized carbons (Fsp3) is 0.474. The third kappa shape index (κ3) is 2.04. The minimum absolute atomic E-state index is 0.146. The van der Waals surface area contributed by atoms with E-state index in [4.69, 9.17) is 9.47 Å². The van der Waals surface area contributed by atoms with Crippen LogP contribution in [-0.4, -0.2) is 49.8 Å². The van der Waals surface area contributed by atoms with Gasteiger partial charge in [-0.1, -0.05) is 12.2 Å². The third-order valence-electron chi connectivity index (χ3n) is 5.81. The SMILES string of the molecule is C[C@@]12C=C[C@H](O1)[C@@H]1C(=O)N(c3ccc(N4CCOCC4)cc3)C(=O)[C@@H]12. The van der Waals surface area contributed by atoms with Gasteiger partial charge in [-0.3, -0.25) is 9.59 Å². The van der Waals surface area contributed by atoms with Crippen LogP contribution in [0.1, 0.15) is 6.92 Å². The Morgan fingerprint density at radius 3 is 2.40 bits per heavy atom. The number of benzene rings is 1. The topological polar surface area (TPSA) is 59.1 Å². The van der Waals surface area contributed by atoms with E-state index in [9.17, 15) is 9.59 Å². The molecule has 3 saturated heterocycles. The first-order chi connectivity index (χ1) is 12.1. The predicted octanol–water partition coefficient (Wildman–Crippen LogP) is 1.36. The molecule has 4 aliphatic rings. The molecule has 2 amide bonds. The van der Waals surface area contributed by atoms with E-state index in [1.165, 1.54) is 4.90 Å². The van der Waals surface area contributed by atoms with Crippen LogP contribution in [0.25, 0.3) is 0 Å². The van der Waals surface area contributed by atoms with Gasteiger partial charge in [0.15, 0.2) is 0 Å². The number of carbonyl (C=O) groups excluding carboxylic acids is 2. The normalized spacial score (nSPS) is 36.4. The minimum atomic E-state index is -0.648. The molecular formula is C19H20N2O4. The summed E-state index contributed by atoms with van der Waals surface area (Å²) in [6.45, 7) is 5.05. The van der Waals surface area contributed by atoms with E-state index in [-0.39, 0.29) is 23.8 Å². The summed E-state index contributed by atoms with van der Waals surface area (Å²) < 4.78 is 11.2. The van der Waals surface area contributed by atoms with E-state index in [0.717, 1.165) is 32.0 Å². The standard InChI is InChI=1S/C19H20N2O4/c1-19-7-6-14(25-19)15-16(19)18(23)21(17(15)22)13-4-2-12(3-5-13)20-8-10-24-11-9-20/h2-7,14-16H,8-11H2,1H3/t14-,15-,16+,19-/m0/s1. The number of nitrogens with zero attached hydrogens (tertiary/aromatic N) is 2. The molecule has 2 bridgehead atoms. The first-order valence-electron chi connectivity index (χ1n) is 8.76. The van der Waals surface area contributed by atoms with Crippen LogP contribution in [0, 0.1) is 11.8 Å². The second kappa shape index (κ2) is 5.16. The van der Waals surface area contributed by atoms with Crippen molar-refractivity contribution in [3.05, 3.63) is 36.4 Å². The Hall–Kier alpha value is -2.18. The molecule has 130 valence electrons. The van der Waals surface area contributed by atoms with Gasteiger partial charge < -0.3 is 14.4 Å². The number of rotatable bonds is 2. The average molecular weight is 340 g/mol. The summed E-state index contributed by atoms with van der Waals surface area (Å²) in [5, 5.41) is 0. The molecule has 0 unspecified atom stereocenters. The Morgan fingerprint density at radius 1 is 1.04 bits per heavy atom. The maximum absolute atomic E-state index is 12.9. The fourth-order valence-corrected chi connectivity index (χ4v) is 4.54. The molecule has 0 N–H and O–H groups in total. The first-order valence-corrected chi connectivity index (χ1v) is 8.76. The monoisotopic (exact) mass is 340 g/mol. The van der Waals surface area contributed by atoms with Crippen molar-refractivity contribution >= 4 is 23.2 Å². The van der Waals surface area contributed by atoms with Gasteiger partial charge in [0.1, 0.15) is 0 Å². The molecule has 0 spiro atoms. The van der Waals surface area contributed by atoms with Crippen LogP contribution < -0.4 is 9.80 Å². The Labute approximate surface area is 146 Å². The number of morpholine rings is 1. The Bertz CT molecular complexity index is 768. The van der Waals surface area contributed by atoms with Crippen molar-refractivity contribution < 1.29 is 19.1 Å². The summed E-state index contributed by atoms with van der Waals surface area (Å²) in [5.74, 6) is -1.09. The van der Waals surface area contributed by atoms with Crippen molar-refractivity contribution in [1.82, 2.24) is 0 Å². The van der Waals surface area contributed by atoms with Crippen molar-refractivity contribution in [3.8, 4) is 0 Å². The molecule has 0 aromatic heterocycles. The summed E-state index contributed by atoms with van der Waals surface area (Å²) in [6, 6.07) is 7.67. The second-order valence-corrected chi connectivity index (χ2v) is 7.26. The number of imide groups is 1. The van der Waals surface area contributed by atoms with Gasteiger partial charge in [-0.25, -0.2) is 4.90 Å². The highest BCUT2D eigenvalue weighted by molar-refractivity contribution is 6.23. The predicted molar refractivity (Wildman–Crippen MR) is 91.4 cm³/mol. The van der Waals surface area contributed by atoms with Gasteiger partial charge in [-0.05, 0) is 31.2 Å². The molecule has 25 heavy (non-hydrogen) atoms. The Kier molecular flexibility index (Phi) is 3.12. The quantitative estimate of drug-likeness (QED) is 0.601. The summed E-state index contributed by atoms with van der Waals surface area (Å²) >= 11 is 0. The number of hydrogen-bond acceptors (Lipinski definition) is 5. The van der Waals surface area contributed by atoms with Gasteiger partial charge in [-0.2, -0.15) is 0 Å². The fourth-order valence-electron chi connectivity index (χ4n) is 4.54.